The molecule has 0 aromatic carbocycles. The number of aliphatic hydroxyl groups is 2. The second kappa shape index (κ2) is 5.93. The molecule has 10 nitrogen and oxygen atoms in total. The summed E-state index contributed by atoms with van der Waals surface area (Å²) in [6.07, 6.45) is -5.34. The van der Waals surface area contributed by atoms with Crippen LogP contribution in [0.4, 0.5) is 0 Å². The van der Waals surface area contributed by atoms with E-state index in [0.29, 0.717) is 0 Å². The van der Waals surface area contributed by atoms with Gasteiger partial charge in [0.05, 0.1) is 0 Å². The highest BCUT2D eigenvalue weighted by Gasteiger charge is 2.48. The van der Waals surface area contributed by atoms with Crippen LogP contribution < -0.4 is 0 Å². The minimum atomic E-state index is -2.67. The van der Waals surface area contributed by atoms with Crippen LogP contribution >= 0.6 is 0 Å². The molecule has 0 bridgehead atoms. The summed E-state index contributed by atoms with van der Waals surface area (Å²) in [4.78, 5) is 42.3. The summed E-state index contributed by atoms with van der Waals surface area (Å²) < 4.78 is 0. The average molecular weight is 266 g/mol. The third-order valence-electron chi connectivity index (χ3n) is 2.14. The van der Waals surface area contributed by atoms with E-state index < -0.39 is 47.9 Å². The summed E-state index contributed by atoms with van der Waals surface area (Å²) in [5.74, 6) is -13.2. The fourth-order valence-electron chi connectivity index (χ4n) is 1.28. The number of aliphatic hydroxyl groups excluding tert-OH is 2. The van der Waals surface area contributed by atoms with Crippen molar-refractivity contribution in [3.8, 4) is 0 Å². The van der Waals surface area contributed by atoms with Crippen LogP contribution in [-0.4, -0.2) is 66.7 Å². The van der Waals surface area contributed by atoms with E-state index in [-0.39, 0.29) is 0 Å². The number of hydrogen-bond acceptors (Lipinski definition) is 6. The lowest BCUT2D eigenvalue weighted by Gasteiger charge is -2.24. The third-order valence-corrected chi connectivity index (χ3v) is 2.14. The quantitative estimate of drug-likeness (QED) is 0.282. The van der Waals surface area contributed by atoms with Gasteiger partial charge in [0.1, 0.15) is 11.8 Å². The zero-order chi connectivity index (χ0) is 14.6. The molecule has 10 heteroatoms. The molecule has 0 rings (SSSR count). The summed E-state index contributed by atoms with van der Waals surface area (Å²) in [6, 6.07) is 0. The standard InChI is InChI=1S/C8H10O10/c9-3(7(15)16)1(5(11)12)2(6(13)14)4(10)8(17)18/h1-4,9-10H,(H,11,12)(H,13,14)(H,15,16)(H,17,18). The first kappa shape index (κ1) is 15.8. The Morgan fingerprint density at radius 1 is 0.556 bits per heavy atom. The summed E-state index contributed by atoms with van der Waals surface area (Å²) >= 11 is 0. The molecular formula is C8H10O10. The van der Waals surface area contributed by atoms with Gasteiger partial charge >= 0.3 is 23.9 Å². The number of carboxylic acids is 4. The smallest absolute Gasteiger partial charge is 0.333 e. The lowest BCUT2D eigenvalue weighted by atomic mass is 9.83. The van der Waals surface area contributed by atoms with Crippen molar-refractivity contribution in [1.82, 2.24) is 0 Å². The Morgan fingerprint density at radius 3 is 0.889 bits per heavy atom. The van der Waals surface area contributed by atoms with Crippen LogP contribution in [0.25, 0.3) is 0 Å². The number of carboxylic acid groups (broad SMARTS) is 4. The van der Waals surface area contributed by atoms with Gasteiger partial charge in [-0.1, -0.05) is 0 Å². The zero-order valence-corrected chi connectivity index (χ0v) is 8.63. The van der Waals surface area contributed by atoms with Gasteiger partial charge in [-0.2, -0.15) is 0 Å². The molecule has 4 unspecified atom stereocenters. The Labute approximate surface area is 98.7 Å². The molecule has 0 fully saturated rings. The van der Waals surface area contributed by atoms with Crippen molar-refractivity contribution in [2.75, 3.05) is 0 Å². The van der Waals surface area contributed by atoms with Gasteiger partial charge in [-0.15, -0.1) is 0 Å². The molecule has 0 heterocycles. The molecule has 18 heavy (non-hydrogen) atoms. The van der Waals surface area contributed by atoms with Gasteiger partial charge in [0.2, 0.25) is 0 Å². The minimum Gasteiger partial charge on any atom is -0.481 e. The van der Waals surface area contributed by atoms with Crippen molar-refractivity contribution >= 4 is 23.9 Å². The molecule has 0 aromatic heterocycles. The predicted molar refractivity (Wildman–Crippen MR) is 49.5 cm³/mol. The van der Waals surface area contributed by atoms with Gasteiger partial charge in [0.15, 0.2) is 12.2 Å². The predicted octanol–water partition coefficient (Wildman–Crippen LogP) is -2.72. The number of aliphatic carboxylic acids is 4. The van der Waals surface area contributed by atoms with E-state index in [1.165, 1.54) is 0 Å². The highest BCUT2D eigenvalue weighted by molar-refractivity contribution is 5.89. The van der Waals surface area contributed by atoms with E-state index in [1.807, 2.05) is 0 Å². The van der Waals surface area contributed by atoms with Crippen molar-refractivity contribution in [2.24, 2.45) is 11.8 Å². The van der Waals surface area contributed by atoms with E-state index >= 15 is 0 Å². The first-order valence-electron chi connectivity index (χ1n) is 4.38. The highest BCUT2D eigenvalue weighted by atomic mass is 16.4. The highest BCUT2D eigenvalue weighted by Crippen LogP contribution is 2.22. The van der Waals surface area contributed by atoms with Crippen LogP contribution in [0.2, 0.25) is 0 Å². The van der Waals surface area contributed by atoms with Crippen LogP contribution in [0.3, 0.4) is 0 Å². The summed E-state index contributed by atoms with van der Waals surface area (Å²) in [5, 5.41) is 52.3. The topological polar surface area (TPSA) is 190 Å². The number of hydrogen-bond donors (Lipinski definition) is 6. The first-order valence-corrected chi connectivity index (χ1v) is 4.38. The first-order chi connectivity index (χ1) is 8.11. The van der Waals surface area contributed by atoms with Crippen molar-refractivity contribution in [3.05, 3.63) is 0 Å². The molecule has 4 atom stereocenters. The molecule has 0 saturated carbocycles. The minimum absolute atomic E-state index is 2.05. The second-order valence-corrected chi connectivity index (χ2v) is 3.29. The van der Waals surface area contributed by atoms with Crippen molar-refractivity contribution in [2.45, 2.75) is 12.2 Å². The maximum absolute atomic E-state index is 10.7. The Morgan fingerprint density at radius 2 is 0.778 bits per heavy atom. The molecular weight excluding hydrogens is 256 g/mol. The van der Waals surface area contributed by atoms with Crippen molar-refractivity contribution < 1.29 is 49.8 Å². The Balaban J connectivity index is 5.52. The Hall–Kier alpha value is -2.20. The molecule has 0 aliphatic carbocycles. The van der Waals surface area contributed by atoms with E-state index in [4.69, 9.17) is 30.6 Å². The summed E-state index contributed by atoms with van der Waals surface area (Å²) in [6.45, 7) is 0. The fourth-order valence-corrected chi connectivity index (χ4v) is 1.28. The largest absolute Gasteiger partial charge is 0.481 e. The third kappa shape index (κ3) is 3.40. The normalized spacial score (nSPS) is 17.2. The number of carbonyl (C=O) groups is 4. The van der Waals surface area contributed by atoms with E-state index in [2.05, 4.69) is 0 Å². The molecule has 102 valence electrons. The van der Waals surface area contributed by atoms with Gasteiger partial charge in [0, 0.05) is 0 Å². The van der Waals surface area contributed by atoms with Gasteiger partial charge in [-0.25, -0.2) is 9.59 Å². The van der Waals surface area contributed by atoms with Gasteiger partial charge in [0.25, 0.3) is 0 Å². The number of rotatable bonds is 7. The molecule has 0 aromatic rings. The lowest BCUT2D eigenvalue weighted by Crippen LogP contribution is -2.49. The van der Waals surface area contributed by atoms with Gasteiger partial charge in [-0.3, -0.25) is 9.59 Å². The molecule has 0 saturated heterocycles. The molecule has 6 N–H and O–H groups in total. The molecule has 0 radical (unpaired) electrons. The molecule has 0 amide bonds. The zero-order valence-electron chi connectivity index (χ0n) is 8.63. The van der Waals surface area contributed by atoms with Crippen molar-refractivity contribution in [3.63, 3.8) is 0 Å². The lowest BCUT2D eigenvalue weighted by molar-refractivity contribution is -0.176. The average Bonchev–Trinajstić information content (AvgIpc) is 2.22. The van der Waals surface area contributed by atoms with Crippen LogP contribution in [0.5, 0.6) is 0 Å². The maximum atomic E-state index is 10.7. The van der Waals surface area contributed by atoms with Gasteiger partial charge < -0.3 is 30.6 Å². The molecule has 0 spiro atoms. The van der Waals surface area contributed by atoms with Crippen LogP contribution in [-0.2, 0) is 19.2 Å². The van der Waals surface area contributed by atoms with E-state index in [9.17, 15) is 19.2 Å². The SMILES string of the molecule is O=C(O)C(O)C(C(=O)O)C(C(=O)O)C(O)C(=O)O. The maximum Gasteiger partial charge on any atom is 0.333 e. The molecule has 0 aliphatic heterocycles. The summed E-state index contributed by atoms with van der Waals surface area (Å²) in [5.41, 5.74) is 0. The van der Waals surface area contributed by atoms with Crippen LogP contribution in [0, 0.1) is 11.8 Å². The Bertz CT molecular complexity index is 338. The molecule has 0 aliphatic rings. The van der Waals surface area contributed by atoms with Crippen LogP contribution in [0.1, 0.15) is 0 Å². The van der Waals surface area contributed by atoms with E-state index in [0.717, 1.165) is 0 Å². The van der Waals surface area contributed by atoms with E-state index in [1.54, 1.807) is 0 Å². The monoisotopic (exact) mass is 266 g/mol. The Kier molecular flexibility index (Phi) is 5.21. The van der Waals surface area contributed by atoms with Crippen molar-refractivity contribution in [1.29, 1.82) is 0 Å². The van der Waals surface area contributed by atoms with Crippen LogP contribution in [0.15, 0.2) is 0 Å². The second-order valence-electron chi connectivity index (χ2n) is 3.29. The fraction of sp³-hybridized carbons (Fsp3) is 0.500. The van der Waals surface area contributed by atoms with Gasteiger partial charge in [-0.05, 0) is 0 Å². The summed E-state index contributed by atoms with van der Waals surface area (Å²) in [7, 11) is 0.